The Labute approximate surface area is 178 Å². The molecule has 0 bridgehead atoms. The number of anilines is 2. The largest absolute Gasteiger partial charge is 0.322 e. The first-order valence-electron chi connectivity index (χ1n) is 9.66. The molecule has 156 valence electrons. The second-order valence-electron chi connectivity index (χ2n) is 7.50. The zero-order valence-corrected chi connectivity index (χ0v) is 18.5. The highest BCUT2D eigenvalue weighted by atomic mass is 32.2. The summed E-state index contributed by atoms with van der Waals surface area (Å²) in [4.78, 5) is 12.6. The maximum atomic E-state index is 12.6. The predicted molar refractivity (Wildman–Crippen MR) is 123 cm³/mol. The lowest BCUT2D eigenvalue weighted by Crippen LogP contribution is -2.29. The van der Waals surface area contributed by atoms with E-state index in [0.29, 0.717) is 11.3 Å². The number of nitrogens with one attached hydrogen (secondary N) is 1. The second-order valence-corrected chi connectivity index (χ2v) is 9.41. The van der Waals surface area contributed by atoms with E-state index in [-0.39, 0.29) is 12.5 Å². The topological polar surface area (TPSA) is 66.5 Å². The Morgan fingerprint density at radius 2 is 1.53 bits per heavy atom. The minimum Gasteiger partial charge on any atom is -0.322 e. The first kappa shape index (κ1) is 21.6. The lowest BCUT2D eigenvalue weighted by Gasteiger charge is -2.23. The molecular weight excluding hydrogens is 396 g/mol. The van der Waals surface area contributed by atoms with Gasteiger partial charge in [-0.15, -0.1) is 0 Å². The summed E-state index contributed by atoms with van der Waals surface area (Å²) in [6.07, 6.45) is 1.18. The van der Waals surface area contributed by atoms with Gasteiger partial charge in [0.15, 0.2) is 0 Å². The van der Waals surface area contributed by atoms with E-state index in [1.807, 2.05) is 63.2 Å². The van der Waals surface area contributed by atoms with Crippen LogP contribution in [0.2, 0.25) is 0 Å². The number of amides is 1. The molecule has 1 N–H and O–H groups in total. The van der Waals surface area contributed by atoms with Crippen molar-refractivity contribution >= 4 is 27.3 Å². The molecule has 3 rings (SSSR count). The third-order valence-corrected chi connectivity index (χ3v) is 6.26. The molecule has 0 spiro atoms. The van der Waals surface area contributed by atoms with Gasteiger partial charge in [0.25, 0.3) is 5.91 Å². The SMILES string of the molecule is Cc1ccc(CN(c2ccc(C(=O)Nc3cccc(C)c3C)cc2)S(C)(=O)=O)cc1. The van der Waals surface area contributed by atoms with Crippen LogP contribution in [0, 0.1) is 20.8 Å². The first-order valence-corrected chi connectivity index (χ1v) is 11.5. The summed E-state index contributed by atoms with van der Waals surface area (Å²) in [6.45, 7) is 6.17. The van der Waals surface area contributed by atoms with Gasteiger partial charge in [-0.05, 0) is 67.8 Å². The molecular formula is C24H26N2O3S. The summed E-state index contributed by atoms with van der Waals surface area (Å²) in [7, 11) is -3.49. The fourth-order valence-electron chi connectivity index (χ4n) is 3.12. The monoisotopic (exact) mass is 422 g/mol. The van der Waals surface area contributed by atoms with Gasteiger partial charge < -0.3 is 5.32 Å². The number of sulfonamides is 1. The molecule has 0 aliphatic carbocycles. The van der Waals surface area contributed by atoms with E-state index < -0.39 is 10.0 Å². The summed E-state index contributed by atoms with van der Waals surface area (Å²) in [5, 5.41) is 2.92. The number of rotatable bonds is 6. The third kappa shape index (κ3) is 5.07. The normalized spacial score (nSPS) is 11.2. The molecule has 0 aliphatic heterocycles. The molecule has 30 heavy (non-hydrogen) atoms. The average molecular weight is 423 g/mol. The third-order valence-electron chi connectivity index (χ3n) is 5.12. The van der Waals surface area contributed by atoms with E-state index in [9.17, 15) is 13.2 Å². The molecule has 3 aromatic carbocycles. The van der Waals surface area contributed by atoms with Gasteiger partial charge in [0.2, 0.25) is 10.0 Å². The van der Waals surface area contributed by atoms with Crippen LogP contribution >= 0.6 is 0 Å². The van der Waals surface area contributed by atoms with Crippen LogP contribution in [0.15, 0.2) is 66.7 Å². The lowest BCUT2D eigenvalue weighted by molar-refractivity contribution is 0.102. The summed E-state index contributed by atoms with van der Waals surface area (Å²) < 4.78 is 26.1. The Kier molecular flexibility index (Phi) is 6.27. The van der Waals surface area contributed by atoms with Gasteiger partial charge in [0.05, 0.1) is 18.5 Å². The molecule has 1 amide bonds. The van der Waals surface area contributed by atoms with Crippen molar-refractivity contribution in [3.63, 3.8) is 0 Å². The molecule has 5 nitrogen and oxygen atoms in total. The van der Waals surface area contributed by atoms with Crippen molar-refractivity contribution in [2.24, 2.45) is 0 Å². The first-order chi connectivity index (χ1) is 14.1. The molecule has 0 aliphatic rings. The molecule has 0 saturated heterocycles. The smallest absolute Gasteiger partial charge is 0.255 e. The molecule has 0 fully saturated rings. The van der Waals surface area contributed by atoms with Crippen molar-refractivity contribution in [2.45, 2.75) is 27.3 Å². The molecule has 0 saturated carbocycles. The molecule has 0 atom stereocenters. The predicted octanol–water partition coefficient (Wildman–Crippen LogP) is 4.83. The fraction of sp³-hybridized carbons (Fsp3) is 0.208. The van der Waals surface area contributed by atoms with Crippen LogP contribution in [0.25, 0.3) is 0 Å². The van der Waals surface area contributed by atoms with Crippen LogP contribution < -0.4 is 9.62 Å². The van der Waals surface area contributed by atoms with Crippen molar-refractivity contribution in [3.8, 4) is 0 Å². The van der Waals surface area contributed by atoms with E-state index in [2.05, 4.69) is 5.32 Å². The van der Waals surface area contributed by atoms with Crippen LogP contribution in [0.1, 0.15) is 32.6 Å². The molecule has 0 radical (unpaired) electrons. The summed E-state index contributed by atoms with van der Waals surface area (Å²) in [5.74, 6) is -0.236. The van der Waals surface area contributed by atoms with E-state index in [4.69, 9.17) is 0 Å². The number of nitrogens with zero attached hydrogens (tertiary/aromatic N) is 1. The number of benzene rings is 3. The highest BCUT2D eigenvalue weighted by Crippen LogP contribution is 2.23. The Morgan fingerprint density at radius 1 is 0.900 bits per heavy atom. The minimum atomic E-state index is -3.49. The maximum Gasteiger partial charge on any atom is 0.255 e. The number of hydrogen-bond donors (Lipinski definition) is 1. The van der Waals surface area contributed by atoms with Crippen LogP contribution in [0.4, 0.5) is 11.4 Å². The maximum absolute atomic E-state index is 12.6. The zero-order chi connectivity index (χ0) is 21.9. The van der Waals surface area contributed by atoms with Crippen molar-refractivity contribution < 1.29 is 13.2 Å². The number of carbonyl (C=O) groups is 1. The van der Waals surface area contributed by atoms with Crippen molar-refractivity contribution in [1.29, 1.82) is 0 Å². The van der Waals surface area contributed by atoms with Gasteiger partial charge in [0, 0.05) is 11.3 Å². The van der Waals surface area contributed by atoms with Gasteiger partial charge in [-0.1, -0.05) is 42.0 Å². The molecule has 0 unspecified atom stereocenters. The van der Waals surface area contributed by atoms with Gasteiger partial charge in [-0.2, -0.15) is 0 Å². The molecule has 0 heterocycles. The quantitative estimate of drug-likeness (QED) is 0.619. The van der Waals surface area contributed by atoms with Crippen molar-refractivity contribution in [2.75, 3.05) is 15.9 Å². The van der Waals surface area contributed by atoms with Crippen molar-refractivity contribution in [3.05, 3.63) is 94.5 Å². The Balaban J connectivity index is 1.81. The zero-order valence-electron chi connectivity index (χ0n) is 17.6. The summed E-state index contributed by atoms with van der Waals surface area (Å²) in [6, 6.07) is 20.1. The van der Waals surface area contributed by atoms with E-state index >= 15 is 0 Å². The minimum absolute atomic E-state index is 0.229. The number of aryl methyl sites for hydroxylation is 2. The van der Waals surface area contributed by atoms with E-state index in [1.54, 1.807) is 24.3 Å². The standard InChI is InChI=1S/C24H26N2O3S/c1-17-8-10-20(11-9-17)16-26(30(4,28)29)22-14-12-21(13-15-22)24(27)25-23-7-5-6-18(2)19(23)3/h5-15H,16H2,1-4H3,(H,25,27). The number of carbonyl (C=O) groups excluding carboxylic acids is 1. The van der Waals surface area contributed by atoms with Gasteiger partial charge in [-0.3, -0.25) is 9.10 Å². The van der Waals surface area contributed by atoms with Crippen LogP contribution in [0.5, 0.6) is 0 Å². The van der Waals surface area contributed by atoms with Gasteiger partial charge in [-0.25, -0.2) is 8.42 Å². The number of hydrogen-bond acceptors (Lipinski definition) is 3. The Bertz CT molecular complexity index is 1150. The highest BCUT2D eigenvalue weighted by molar-refractivity contribution is 7.92. The Morgan fingerprint density at radius 3 is 2.13 bits per heavy atom. The van der Waals surface area contributed by atoms with Crippen LogP contribution in [0.3, 0.4) is 0 Å². The lowest BCUT2D eigenvalue weighted by atomic mass is 10.1. The van der Waals surface area contributed by atoms with E-state index in [1.165, 1.54) is 10.6 Å². The van der Waals surface area contributed by atoms with Crippen molar-refractivity contribution in [1.82, 2.24) is 0 Å². The summed E-state index contributed by atoms with van der Waals surface area (Å²) in [5.41, 5.74) is 5.87. The second kappa shape index (κ2) is 8.71. The Hall–Kier alpha value is -3.12. The van der Waals surface area contributed by atoms with Crippen LogP contribution in [-0.2, 0) is 16.6 Å². The highest BCUT2D eigenvalue weighted by Gasteiger charge is 2.18. The molecule has 6 heteroatoms. The van der Waals surface area contributed by atoms with Gasteiger partial charge >= 0.3 is 0 Å². The summed E-state index contributed by atoms with van der Waals surface area (Å²) >= 11 is 0. The van der Waals surface area contributed by atoms with Gasteiger partial charge in [0.1, 0.15) is 0 Å². The molecule has 3 aromatic rings. The van der Waals surface area contributed by atoms with Crippen LogP contribution in [-0.4, -0.2) is 20.6 Å². The van der Waals surface area contributed by atoms with E-state index in [0.717, 1.165) is 27.9 Å². The average Bonchev–Trinajstić information content (AvgIpc) is 2.70. The molecule has 0 aromatic heterocycles. The fourth-order valence-corrected chi connectivity index (χ4v) is 4.01.